The molecule has 4 aliphatic carbocycles. The van der Waals surface area contributed by atoms with E-state index >= 15 is 0 Å². The summed E-state index contributed by atoms with van der Waals surface area (Å²) in [6, 6.07) is 0. The van der Waals surface area contributed by atoms with Crippen molar-refractivity contribution in [2.75, 3.05) is 26.8 Å². The molecule has 174 valence electrons. The van der Waals surface area contributed by atoms with E-state index in [1.165, 1.54) is 32.1 Å². The number of hydrogen-bond donors (Lipinski definition) is 2. The predicted molar refractivity (Wildman–Crippen MR) is 121 cm³/mol. The van der Waals surface area contributed by atoms with Gasteiger partial charge in [-0.15, -0.1) is 0 Å². The van der Waals surface area contributed by atoms with Crippen LogP contribution in [0.5, 0.6) is 0 Å². The summed E-state index contributed by atoms with van der Waals surface area (Å²) < 4.78 is 5.87. The van der Waals surface area contributed by atoms with Gasteiger partial charge in [0.15, 0.2) is 5.78 Å². The van der Waals surface area contributed by atoms with Crippen LogP contribution in [0, 0.1) is 40.4 Å². The van der Waals surface area contributed by atoms with Crippen molar-refractivity contribution >= 4 is 5.78 Å². The number of nitrogens with one attached hydrogen (secondary N) is 1. The van der Waals surface area contributed by atoms with Crippen LogP contribution in [0.15, 0.2) is 12.3 Å². The highest BCUT2D eigenvalue weighted by Crippen LogP contribution is 2.68. The first-order valence-electron chi connectivity index (χ1n) is 12.7. The minimum Gasteiger partial charge on any atom is -0.390 e. The van der Waals surface area contributed by atoms with Crippen molar-refractivity contribution in [3.63, 3.8) is 0 Å². The molecule has 0 radical (unpaired) electrons. The Balaban J connectivity index is 1.36. The molecule has 0 unspecified atom stereocenters. The number of Topliss-reactive ketones (excluding diaryl/α,β-unsaturated/α-hetero) is 1. The summed E-state index contributed by atoms with van der Waals surface area (Å²) in [6.45, 7) is 6.67. The number of methoxy groups -OCH3 is 1. The van der Waals surface area contributed by atoms with Crippen molar-refractivity contribution in [3.8, 4) is 0 Å². The SMILES string of the molecule is COC[C@]12CC[C@@](C)(O)C[C@@H]1CC[C@H]1[C@@H]3CC[C@H](C(=O)CN4CC=CN4)[C@@]3(C)CC[C@@H]12. The van der Waals surface area contributed by atoms with Gasteiger partial charge in [0.2, 0.25) is 0 Å². The topological polar surface area (TPSA) is 61.8 Å². The van der Waals surface area contributed by atoms with E-state index in [4.69, 9.17) is 4.74 Å². The van der Waals surface area contributed by atoms with Crippen LogP contribution in [0.3, 0.4) is 0 Å². The zero-order valence-electron chi connectivity index (χ0n) is 19.7. The van der Waals surface area contributed by atoms with E-state index < -0.39 is 5.60 Å². The largest absolute Gasteiger partial charge is 0.390 e. The molecule has 4 saturated carbocycles. The van der Waals surface area contributed by atoms with E-state index in [9.17, 15) is 9.90 Å². The molecule has 2 N–H and O–H groups in total. The molecule has 0 bridgehead atoms. The molecule has 0 spiro atoms. The van der Waals surface area contributed by atoms with Gasteiger partial charge in [0.1, 0.15) is 0 Å². The number of carbonyl (C=O) groups excluding carboxylic acids is 1. The molecule has 8 atom stereocenters. The second-order valence-electron chi connectivity index (χ2n) is 12.1. The van der Waals surface area contributed by atoms with E-state index in [0.717, 1.165) is 44.8 Å². The number of hydrazine groups is 1. The molecule has 31 heavy (non-hydrogen) atoms. The number of ether oxygens (including phenoxy) is 1. The molecule has 4 fully saturated rings. The van der Waals surface area contributed by atoms with Crippen molar-refractivity contribution in [2.45, 2.75) is 77.2 Å². The molecule has 1 heterocycles. The predicted octanol–water partition coefficient (Wildman–Crippen LogP) is 3.93. The quantitative estimate of drug-likeness (QED) is 0.692. The fraction of sp³-hybridized carbons (Fsp3) is 0.885. The van der Waals surface area contributed by atoms with Gasteiger partial charge in [-0.2, -0.15) is 0 Å². The zero-order chi connectivity index (χ0) is 21.9. The van der Waals surface area contributed by atoms with E-state index in [0.29, 0.717) is 30.1 Å². The summed E-state index contributed by atoms with van der Waals surface area (Å²) >= 11 is 0. The lowest BCUT2D eigenvalue weighted by Gasteiger charge is -2.62. The highest BCUT2D eigenvalue weighted by molar-refractivity contribution is 5.84. The fourth-order valence-electron chi connectivity index (χ4n) is 9.11. The average Bonchev–Trinajstić information content (AvgIpc) is 3.35. The molecule has 0 saturated heterocycles. The lowest BCUT2D eigenvalue weighted by Crippen LogP contribution is -2.58. The van der Waals surface area contributed by atoms with Crippen LogP contribution in [0.4, 0.5) is 0 Å². The molecule has 5 rings (SSSR count). The molecule has 0 aromatic rings. The summed E-state index contributed by atoms with van der Waals surface area (Å²) in [5, 5.41) is 12.8. The first-order chi connectivity index (χ1) is 14.8. The van der Waals surface area contributed by atoms with E-state index in [-0.39, 0.29) is 16.7 Å². The Morgan fingerprint density at radius 2 is 1.97 bits per heavy atom. The van der Waals surface area contributed by atoms with Crippen molar-refractivity contribution in [2.24, 2.45) is 40.4 Å². The smallest absolute Gasteiger partial charge is 0.152 e. The second kappa shape index (κ2) is 7.85. The maximum Gasteiger partial charge on any atom is 0.152 e. The van der Waals surface area contributed by atoms with Gasteiger partial charge >= 0.3 is 0 Å². The van der Waals surface area contributed by atoms with Crippen molar-refractivity contribution < 1.29 is 14.6 Å². The highest BCUT2D eigenvalue weighted by Gasteiger charge is 2.63. The van der Waals surface area contributed by atoms with Crippen LogP contribution in [-0.2, 0) is 9.53 Å². The number of ketones is 1. The Hall–Kier alpha value is -0.910. The third kappa shape index (κ3) is 3.50. The zero-order valence-corrected chi connectivity index (χ0v) is 19.7. The number of hydrogen-bond acceptors (Lipinski definition) is 5. The lowest BCUT2D eigenvalue weighted by atomic mass is 9.43. The normalized spacial score (nSPS) is 49.2. The van der Waals surface area contributed by atoms with Crippen LogP contribution < -0.4 is 5.43 Å². The van der Waals surface area contributed by atoms with Crippen molar-refractivity contribution in [1.82, 2.24) is 10.4 Å². The first-order valence-corrected chi connectivity index (χ1v) is 12.7. The van der Waals surface area contributed by atoms with E-state index in [1.54, 1.807) is 0 Å². The molecular formula is C26H42N2O3. The summed E-state index contributed by atoms with van der Waals surface area (Å²) in [5.74, 6) is 3.31. The van der Waals surface area contributed by atoms with Gasteiger partial charge in [0.25, 0.3) is 0 Å². The molecule has 1 aliphatic heterocycles. The van der Waals surface area contributed by atoms with Crippen molar-refractivity contribution in [1.29, 1.82) is 0 Å². The van der Waals surface area contributed by atoms with Crippen LogP contribution in [0.25, 0.3) is 0 Å². The maximum atomic E-state index is 13.3. The number of aliphatic hydroxyl groups is 1. The molecular weight excluding hydrogens is 388 g/mol. The summed E-state index contributed by atoms with van der Waals surface area (Å²) in [4.78, 5) is 13.3. The third-order valence-electron chi connectivity index (χ3n) is 10.5. The molecule has 5 heteroatoms. The standard InChI is InChI=1S/C26H42N2O3/c1-24(30)11-12-26(17-31-3)18(15-24)5-6-19-20-7-8-22(25(20,2)10-9-21(19)26)23(29)16-28-14-4-13-27-28/h4,13,18-22,27,30H,5-12,14-17H2,1-3H3/t18-,19-,20-,21-,22+,24+,25-,26+/m0/s1. The van der Waals surface area contributed by atoms with Gasteiger partial charge < -0.3 is 15.3 Å². The van der Waals surface area contributed by atoms with Gasteiger partial charge in [-0.05, 0) is 99.2 Å². The van der Waals surface area contributed by atoms with Gasteiger partial charge in [-0.3, -0.25) is 4.79 Å². The van der Waals surface area contributed by atoms with Crippen LogP contribution in [0.2, 0.25) is 0 Å². The number of fused-ring (bicyclic) bond motifs is 5. The van der Waals surface area contributed by atoms with Crippen LogP contribution in [0.1, 0.15) is 71.6 Å². The van der Waals surface area contributed by atoms with Gasteiger partial charge in [-0.1, -0.05) is 13.0 Å². The van der Waals surface area contributed by atoms with Gasteiger partial charge in [0, 0.05) is 25.8 Å². The molecule has 0 amide bonds. The summed E-state index contributed by atoms with van der Waals surface area (Å²) in [7, 11) is 1.86. The third-order valence-corrected chi connectivity index (χ3v) is 10.5. The Bertz CT molecular complexity index is 728. The molecule has 5 aliphatic rings. The molecule has 0 aromatic carbocycles. The first kappa shape index (κ1) is 21.9. The van der Waals surface area contributed by atoms with Crippen molar-refractivity contribution in [3.05, 3.63) is 12.3 Å². The monoisotopic (exact) mass is 430 g/mol. The van der Waals surface area contributed by atoms with Gasteiger partial charge in [-0.25, -0.2) is 5.01 Å². The van der Waals surface area contributed by atoms with Crippen LogP contribution in [-0.4, -0.2) is 48.3 Å². The maximum absolute atomic E-state index is 13.3. The minimum absolute atomic E-state index is 0.159. The Labute approximate surface area is 187 Å². The lowest BCUT2D eigenvalue weighted by molar-refractivity contribution is -0.175. The fourth-order valence-corrected chi connectivity index (χ4v) is 9.11. The number of rotatable bonds is 5. The highest BCUT2D eigenvalue weighted by atomic mass is 16.5. The summed E-state index contributed by atoms with van der Waals surface area (Å²) in [5.41, 5.74) is 3.07. The van der Waals surface area contributed by atoms with E-state index in [1.807, 2.05) is 25.2 Å². The Morgan fingerprint density at radius 1 is 1.13 bits per heavy atom. The molecule has 0 aromatic heterocycles. The number of carbonyl (C=O) groups is 1. The van der Waals surface area contributed by atoms with Crippen LogP contribution >= 0.6 is 0 Å². The second-order valence-corrected chi connectivity index (χ2v) is 12.1. The Kier molecular flexibility index (Phi) is 5.55. The Morgan fingerprint density at radius 3 is 2.71 bits per heavy atom. The van der Waals surface area contributed by atoms with Gasteiger partial charge in [0.05, 0.1) is 18.8 Å². The number of nitrogens with zero attached hydrogens (tertiary/aromatic N) is 1. The minimum atomic E-state index is -0.513. The molecule has 5 nitrogen and oxygen atoms in total. The summed E-state index contributed by atoms with van der Waals surface area (Å²) in [6.07, 6.45) is 14.1. The average molecular weight is 431 g/mol. The van der Waals surface area contributed by atoms with E-state index in [2.05, 4.69) is 18.4 Å².